The van der Waals surface area contributed by atoms with Crippen molar-refractivity contribution in [3.8, 4) is 11.1 Å². The van der Waals surface area contributed by atoms with Crippen molar-refractivity contribution in [2.24, 2.45) is 15.9 Å². The van der Waals surface area contributed by atoms with E-state index < -0.39 is 45.2 Å². The lowest BCUT2D eigenvalue weighted by Crippen LogP contribution is -2.42. The maximum Gasteiger partial charge on any atom is 0.417 e. The number of amidine groups is 1. The van der Waals surface area contributed by atoms with Crippen LogP contribution in [0.25, 0.3) is 11.1 Å². The smallest absolute Gasteiger partial charge is 0.417 e. The summed E-state index contributed by atoms with van der Waals surface area (Å²) in [7, 11) is -4.06. The summed E-state index contributed by atoms with van der Waals surface area (Å²) >= 11 is 0. The number of nitrogens with zero attached hydrogens (tertiary/aromatic N) is 2. The van der Waals surface area contributed by atoms with Crippen LogP contribution in [0.5, 0.6) is 0 Å². The summed E-state index contributed by atoms with van der Waals surface area (Å²) in [6.07, 6.45) is -9.53. The van der Waals surface area contributed by atoms with E-state index in [1.165, 1.54) is 53.6 Å². The van der Waals surface area contributed by atoms with Crippen LogP contribution in [-0.2, 0) is 22.4 Å². The van der Waals surface area contributed by atoms with Gasteiger partial charge in [0.15, 0.2) is 0 Å². The third kappa shape index (κ3) is 5.08. The van der Waals surface area contributed by atoms with Gasteiger partial charge in [-0.05, 0) is 53.6 Å². The maximum atomic E-state index is 13.7. The molecule has 208 valence electrons. The van der Waals surface area contributed by atoms with E-state index in [1.54, 1.807) is 12.1 Å². The number of aliphatic imine (C=N–C) groups is 1. The van der Waals surface area contributed by atoms with Gasteiger partial charge in [0.1, 0.15) is 12.0 Å². The predicted octanol–water partition coefficient (Wildman–Crippen LogP) is 6.19. The Morgan fingerprint density at radius 3 is 2.17 bits per heavy atom. The van der Waals surface area contributed by atoms with Gasteiger partial charge in [0.05, 0.1) is 27.8 Å². The highest BCUT2D eigenvalue weighted by atomic mass is 32.2. The number of primary sulfonamides is 1. The number of halogens is 6. The number of sulfonamides is 1. The van der Waals surface area contributed by atoms with E-state index in [-0.39, 0.29) is 28.2 Å². The number of fused-ring (bicyclic) bond motifs is 1. The number of hydrogen-bond acceptors (Lipinski definition) is 6. The molecular formula is C26H18F6N4O3S. The Morgan fingerprint density at radius 2 is 1.55 bits per heavy atom. The third-order valence-electron chi connectivity index (χ3n) is 6.24. The van der Waals surface area contributed by atoms with E-state index in [0.717, 1.165) is 6.07 Å². The topological polar surface area (TPSA) is 115 Å². The molecule has 0 radical (unpaired) electrons. The molecule has 4 N–H and O–H groups in total. The van der Waals surface area contributed by atoms with Crippen LogP contribution < -0.4 is 15.8 Å². The fraction of sp³-hybridized carbons (Fsp3) is 0.115. The lowest BCUT2D eigenvalue weighted by Gasteiger charge is -2.34. The molecular weight excluding hydrogens is 562 g/mol. The maximum absolute atomic E-state index is 13.7. The molecule has 1 unspecified atom stereocenters. The van der Waals surface area contributed by atoms with Crippen LogP contribution in [0.15, 0.2) is 93.4 Å². The second-order valence-corrected chi connectivity index (χ2v) is 10.4. The van der Waals surface area contributed by atoms with Gasteiger partial charge in [0, 0.05) is 11.3 Å². The lowest BCUT2D eigenvalue weighted by atomic mass is 9.96. The lowest BCUT2D eigenvalue weighted by molar-refractivity contribution is -0.142. The normalized spacial score (nSPS) is 16.1. The molecule has 0 saturated heterocycles. The van der Waals surface area contributed by atoms with Gasteiger partial charge in [-0.15, -0.1) is 0 Å². The van der Waals surface area contributed by atoms with E-state index in [2.05, 4.69) is 4.99 Å². The number of benzene rings is 3. The van der Waals surface area contributed by atoms with Crippen LogP contribution in [0.1, 0.15) is 28.4 Å². The van der Waals surface area contributed by atoms with E-state index in [1.807, 2.05) is 0 Å². The summed E-state index contributed by atoms with van der Waals surface area (Å²) in [5.74, 6) is 0.342. The van der Waals surface area contributed by atoms with Crippen molar-refractivity contribution in [3.05, 3.63) is 101 Å². The summed E-state index contributed by atoms with van der Waals surface area (Å²) in [6, 6.07) is 14.1. The van der Waals surface area contributed by atoms with Gasteiger partial charge in [0.25, 0.3) is 0 Å². The van der Waals surface area contributed by atoms with Crippen LogP contribution in [0.2, 0.25) is 0 Å². The zero-order chi connectivity index (χ0) is 29.0. The van der Waals surface area contributed by atoms with Crippen molar-refractivity contribution in [1.82, 2.24) is 0 Å². The molecule has 0 aliphatic carbocycles. The van der Waals surface area contributed by atoms with Gasteiger partial charge in [0.2, 0.25) is 15.9 Å². The van der Waals surface area contributed by atoms with Crippen molar-refractivity contribution in [3.63, 3.8) is 0 Å². The minimum atomic E-state index is -5.05. The molecule has 14 heteroatoms. The molecule has 0 spiro atoms. The Morgan fingerprint density at radius 1 is 0.850 bits per heavy atom. The zero-order valence-electron chi connectivity index (χ0n) is 20.0. The van der Waals surface area contributed by atoms with Crippen LogP contribution in [-0.4, -0.2) is 14.3 Å². The van der Waals surface area contributed by atoms with E-state index in [4.69, 9.17) is 15.3 Å². The number of furan rings is 1. The molecule has 2 heterocycles. The Labute approximate surface area is 223 Å². The van der Waals surface area contributed by atoms with E-state index in [9.17, 15) is 34.8 Å². The highest BCUT2D eigenvalue weighted by Crippen LogP contribution is 2.42. The molecule has 0 fully saturated rings. The second kappa shape index (κ2) is 9.50. The molecule has 4 aromatic rings. The number of rotatable bonds is 4. The first-order valence-electron chi connectivity index (χ1n) is 11.4. The first kappa shape index (κ1) is 27.4. The molecule has 0 saturated carbocycles. The first-order valence-corrected chi connectivity index (χ1v) is 12.9. The summed E-state index contributed by atoms with van der Waals surface area (Å²) in [4.78, 5) is 5.80. The molecule has 5 rings (SSSR count). The highest BCUT2D eigenvalue weighted by Gasteiger charge is 2.38. The average molecular weight is 581 g/mol. The summed E-state index contributed by atoms with van der Waals surface area (Å²) < 4.78 is 110. The second-order valence-electron chi connectivity index (χ2n) is 8.81. The standard InChI is InChI=1S/C26H18F6N4O3S/c27-25(28,29)16-6-9-19(21(13-16)26(30,31)32)14-4-7-17(8-5-14)36-22(33)20-10-11-39-24(20)35-23(36)15-2-1-3-18(12-15)40(34,37)38/h1-13,22H,33H2,(H2,34,37,38). The number of hydrogen-bond donors (Lipinski definition) is 2. The van der Waals surface area contributed by atoms with Gasteiger partial charge in [-0.3, -0.25) is 0 Å². The van der Waals surface area contributed by atoms with Gasteiger partial charge in [-0.1, -0.05) is 30.3 Å². The fourth-order valence-electron chi connectivity index (χ4n) is 4.36. The fourth-order valence-corrected chi connectivity index (χ4v) is 4.91. The summed E-state index contributed by atoms with van der Waals surface area (Å²) in [5, 5.41) is 5.27. The van der Waals surface area contributed by atoms with Crippen molar-refractivity contribution in [2.45, 2.75) is 23.4 Å². The monoisotopic (exact) mass is 580 g/mol. The Hall–Kier alpha value is -4.14. The average Bonchev–Trinajstić information content (AvgIpc) is 3.36. The molecule has 1 atom stereocenters. The minimum Gasteiger partial charge on any atom is -0.446 e. The summed E-state index contributed by atoms with van der Waals surface area (Å²) in [5.41, 5.74) is 4.34. The Balaban J connectivity index is 1.60. The van der Waals surface area contributed by atoms with Crippen molar-refractivity contribution < 1.29 is 39.2 Å². The molecule has 1 aliphatic heterocycles. The van der Waals surface area contributed by atoms with Crippen molar-refractivity contribution in [1.29, 1.82) is 0 Å². The van der Waals surface area contributed by atoms with Gasteiger partial charge < -0.3 is 15.1 Å². The number of anilines is 1. The SMILES string of the molecule is NC1c2ccoc2N=C(c2cccc(S(N)(=O)=O)c2)N1c1ccc(-c2ccc(C(F)(F)F)cc2C(F)(F)F)cc1. The van der Waals surface area contributed by atoms with Gasteiger partial charge in [-0.2, -0.15) is 31.3 Å². The Kier molecular flexibility index (Phi) is 6.51. The van der Waals surface area contributed by atoms with Crippen LogP contribution >= 0.6 is 0 Å². The molecule has 3 aromatic carbocycles. The van der Waals surface area contributed by atoms with Crippen LogP contribution in [0.4, 0.5) is 37.9 Å². The predicted molar refractivity (Wildman–Crippen MR) is 134 cm³/mol. The Bertz CT molecular complexity index is 1730. The zero-order valence-corrected chi connectivity index (χ0v) is 20.8. The van der Waals surface area contributed by atoms with Gasteiger partial charge >= 0.3 is 12.4 Å². The molecule has 1 aliphatic rings. The van der Waals surface area contributed by atoms with Crippen LogP contribution in [0.3, 0.4) is 0 Å². The first-order chi connectivity index (χ1) is 18.6. The van der Waals surface area contributed by atoms with Crippen molar-refractivity contribution in [2.75, 3.05) is 4.90 Å². The van der Waals surface area contributed by atoms with Crippen LogP contribution in [0, 0.1) is 0 Å². The quantitative estimate of drug-likeness (QED) is 0.280. The number of nitrogens with two attached hydrogens (primary N) is 2. The number of alkyl halides is 6. The van der Waals surface area contributed by atoms with E-state index in [0.29, 0.717) is 22.9 Å². The molecule has 0 amide bonds. The largest absolute Gasteiger partial charge is 0.446 e. The third-order valence-corrected chi connectivity index (χ3v) is 7.15. The minimum absolute atomic E-state index is 0.00842. The molecule has 0 bridgehead atoms. The van der Waals surface area contributed by atoms with Gasteiger partial charge in [-0.25, -0.2) is 13.6 Å². The molecule has 7 nitrogen and oxygen atoms in total. The highest BCUT2D eigenvalue weighted by molar-refractivity contribution is 7.89. The summed E-state index contributed by atoms with van der Waals surface area (Å²) in [6.45, 7) is 0. The van der Waals surface area contributed by atoms with Crippen molar-refractivity contribution >= 4 is 27.4 Å². The van der Waals surface area contributed by atoms with E-state index >= 15 is 0 Å². The molecule has 1 aromatic heterocycles. The molecule has 40 heavy (non-hydrogen) atoms.